The van der Waals surface area contributed by atoms with Crippen molar-refractivity contribution in [3.8, 4) is 0 Å². The van der Waals surface area contributed by atoms with E-state index in [1.54, 1.807) is 0 Å². The van der Waals surface area contributed by atoms with E-state index >= 15 is 0 Å². The fraction of sp³-hybridized carbons (Fsp3) is 0.897. The van der Waals surface area contributed by atoms with E-state index in [9.17, 15) is 4.79 Å². The first-order valence-corrected chi connectivity index (χ1v) is 13.3. The Morgan fingerprint density at radius 1 is 0.871 bits per heavy atom. The lowest BCUT2D eigenvalue weighted by atomic mass is 9.33. The Morgan fingerprint density at radius 2 is 1.61 bits per heavy atom. The molecule has 5 fully saturated rings. The molecule has 0 aromatic carbocycles. The molecular formula is C29H47NO. The third kappa shape index (κ3) is 2.64. The van der Waals surface area contributed by atoms with Crippen molar-refractivity contribution in [2.24, 2.45) is 51.2 Å². The standard InChI is InChI=1S/C29H47NO/c1-19(2)20-10-13-29(18-31)15-14-27(6)21(24(20)29)8-9-23-26(5)16-17-30-25(3,4)22(26)11-12-28(23,27)7/h18,20-24,30H,1,8-17H2,2-7H3/t20-,21?,22-,23+,24?,26-,27+,28+,29+/m0/s1. The molecule has 5 rings (SSSR count). The second kappa shape index (κ2) is 6.71. The van der Waals surface area contributed by atoms with Gasteiger partial charge in [-0.15, -0.1) is 0 Å². The first kappa shape index (κ1) is 22.2. The van der Waals surface area contributed by atoms with Gasteiger partial charge < -0.3 is 10.1 Å². The number of carbonyl (C=O) groups excluding carboxylic acids is 1. The van der Waals surface area contributed by atoms with Gasteiger partial charge in [0.1, 0.15) is 6.29 Å². The number of hydrogen-bond donors (Lipinski definition) is 1. The van der Waals surface area contributed by atoms with Crippen LogP contribution in [0.1, 0.15) is 99.3 Å². The van der Waals surface area contributed by atoms with E-state index in [0.29, 0.717) is 34.0 Å². The van der Waals surface area contributed by atoms with Gasteiger partial charge in [0.15, 0.2) is 0 Å². The number of nitrogens with one attached hydrogen (secondary N) is 1. The second-order valence-corrected chi connectivity index (χ2v) is 13.9. The zero-order chi connectivity index (χ0) is 22.4. The number of hydrogen-bond acceptors (Lipinski definition) is 2. The zero-order valence-corrected chi connectivity index (χ0v) is 21.2. The predicted octanol–water partition coefficient (Wildman–Crippen LogP) is 6.79. The highest BCUT2D eigenvalue weighted by Crippen LogP contribution is 2.76. The van der Waals surface area contributed by atoms with Crippen molar-refractivity contribution in [3.05, 3.63) is 12.2 Å². The van der Waals surface area contributed by atoms with Crippen LogP contribution in [0.15, 0.2) is 12.2 Å². The summed E-state index contributed by atoms with van der Waals surface area (Å²) >= 11 is 0. The van der Waals surface area contributed by atoms with Crippen molar-refractivity contribution in [2.45, 2.75) is 105 Å². The lowest BCUT2D eigenvalue weighted by Gasteiger charge is -2.72. The first-order chi connectivity index (χ1) is 14.5. The van der Waals surface area contributed by atoms with Gasteiger partial charge in [-0.05, 0) is 131 Å². The number of piperidine rings is 1. The van der Waals surface area contributed by atoms with Crippen LogP contribution in [-0.4, -0.2) is 18.4 Å². The van der Waals surface area contributed by atoms with Crippen LogP contribution in [0.5, 0.6) is 0 Å². The summed E-state index contributed by atoms with van der Waals surface area (Å²) in [7, 11) is 0. The Labute approximate surface area is 191 Å². The Kier molecular flexibility index (Phi) is 4.80. The van der Waals surface area contributed by atoms with Gasteiger partial charge in [0.25, 0.3) is 0 Å². The van der Waals surface area contributed by atoms with Crippen LogP contribution in [0.25, 0.3) is 0 Å². The molecule has 1 aliphatic heterocycles. The molecule has 2 heteroatoms. The van der Waals surface area contributed by atoms with Gasteiger partial charge in [-0.25, -0.2) is 0 Å². The van der Waals surface area contributed by atoms with Crippen LogP contribution >= 0.6 is 0 Å². The van der Waals surface area contributed by atoms with E-state index in [4.69, 9.17) is 0 Å². The molecule has 1 saturated heterocycles. The third-order valence-electron chi connectivity index (χ3n) is 12.7. The van der Waals surface area contributed by atoms with Crippen molar-refractivity contribution < 1.29 is 4.79 Å². The number of fused-ring (bicyclic) bond motifs is 7. The molecule has 0 aromatic heterocycles. The van der Waals surface area contributed by atoms with Gasteiger partial charge in [-0.2, -0.15) is 0 Å². The van der Waals surface area contributed by atoms with Gasteiger partial charge in [-0.1, -0.05) is 32.9 Å². The highest BCUT2D eigenvalue weighted by molar-refractivity contribution is 5.62. The van der Waals surface area contributed by atoms with Gasteiger partial charge in [-0.3, -0.25) is 0 Å². The molecular weight excluding hydrogens is 378 g/mol. The number of allylic oxidation sites excluding steroid dienone is 1. The van der Waals surface area contributed by atoms with Gasteiger partial charge in [0.2, 0.25) is 0 Å². The van der Waals surface area contributed by atoms with Crippen molar-refractivity contribution in [1.29, 1.82) is 0 Å². The Morgan fingerprint density at radius 3 is 2.29 bits per heavy atom. The first-order valence-electron chi connectivity index (χ1n) is 13.3. The van der Waals surface area contributed by atoms with Gasteiger partial charge >= 0.3 is 0 Å². The highest BCUT2D eigenvalue weighted by atomic mass is 16.1. The SMILES string of the molecule is C=C(C)[C@@H]1CC[C@]2(C=O)CC[C@]3(C)C(CC[C@@H]4[C@@]5(C)CCNC(C)(C)[C@@H]5CC[C@]43C)C12. The van der Waals surface area contributed by atoms with E-state index in [2.05, 4.69) is 53.4 Å². The molecule has 2 nitrogen and oxygen atoms in total. The van der Waals surface area contributed by atoms with E-state index < -0.39 is 0 Å². The van der Waals surface area contributed by atoms with E-state index in [1.807, 2.05) is 0 Å². The Bertz CT molecular complexity index is 786. The van der Waals surface area contributed by atoms with E-state index in [1.165, 1.54) is 63.3 Å². The fourth-order valence-electron chi connectivity index (χ4n) is 11.1. The van der Waals surface area contributed by atoms with Crippen molar-refractivity contribution >= 4 is 6.29 Å². The molecule has 0 amide bonds. The highest BCUT2D eigenvalue weighted by Gasteiger charge is 2.70. The summed E-state index contributed by atoms with van der Waals surface area (Å²) in [5.41, 5.74) is 2.72. The average Bonchev–Trinajstić information content (AvgIpc) is 3.08. The zero-order valence-electron chi connectivity index (χ0n) is 21.2. The van der Waals surface area contributed by atoms with Crippen LogP contribution in [0.4, 0.5) is 0 Å². The molecule has 0 aromatic rings. The molecule has 0 bridgehead atoms. The smallest absolute Gasteiger partial charge is 0.126 e. The second-order valence-electron chi connectivity index (χ2n) is 13.9. The Balaban J connectivity index is 1.56. The van der Waals surface area contributed by atoms with Crippen LogP contribution in [0.3, 0.4) is 0 Å². The average molecular weight is 426 g/mol. The fourth-order valence-corrected chi connectivity index (χ4v) is 11.1. The lowest BCUT2D eigenvalue weighted by molar-refractivity contribution is -0.227. The summed E-state index contributed by atoms with van der Waals surface area (Å²) in [4.78, 5) is 12.5. The van der Waals surface area contributed by atoms with Crippen LogP contribution < -0.4 is 5.32 Å². The maximum absolute atomic E-state index is 12.5. The van der Waals surface area contributed by atoms with E-state index in [-0.39, 0.29) is 11.0 Å². The summed E-state index contributed by atoms with van der Waals surface area (Å²) in [6.07, 6.45) is 12.8. The quantitative estimate of drug-likeness (QED) is 0.389. The number of aldehydes is 1. The molecule has 5 aliphatic rings. The molecule has 0 radical (unpaired) electrons. The van der Waals surface area contributed by atoms with Crippen LogP contribution in [0.2, 0.25) is 0 Å². The molecule has 0 spiro atoms. The minimum Gasteiger partial charge on any atom is -0.311 e. The Hall–Kier alpha value is -0.630. The summed E-state index contributed by atoms with van der Waals surface area (Å²) < 4.78 is 0. The largest absolute Gasteiger partial charge is 0.311 e. The van der Waals surface area contributed by atoms with E-state index in [0.717, 1.165) is 24.7 Å². The van der Waals surface area contributed by atoms with Crippen molar-refractivity contribution in [2.75, 3.05) is 6.54 Å². The lowest BCUT2D eigenvalue weighted by Crippen LogP contribution is -2.69. The maximum Gasteiger partial charge on any atom is 0.126 e. The molecule has 1 N–H and O–H groups in total. The topological polar surface area (TPSA) is 29.1 Å². The molecule has 31 heavy (non-hydrogen) atoms. The third-order valence-corrected chi connectivity index (χ3v) is 12.7. The molecule has 1 heterocycles. The summed E-state index contributed by atoms with van der Waals surface area (Å²) in [5.74, 6) is 3.37. The molecule has 4 aliphatic carbocycles. The predicted molar refractivity (Wildman–Crippen MR) is 129 cm³/mol. The minimum absolute atomic E-state index is 0.0607. The summed E-state index contributed by atoms with van der Waals surface area (Å²) in [6, 6.07) is 0. The van der Waals surface area contributed by atoms with Gasteiger partial charge in [0.05, 0.1) is 0 Å². The molecule has 4 saturated carbocycles. The van der Waals surface area contributed by atoms with Crippen molar-refractivity contribution in [1.82, 2.24) is 5.32 Å². The van der Waals surface area contributed by atoms with Crippen LogP contribution in [-0.2, 0) is 4.79 Å². The maximum atomic E-state index is 12.5. The molecule has 2 unspecified atom stereocenters. The number of carbonyl (C=O) groups is 1. The van der Waals surface area contributed by atoms with Crippen molar-refractivity contribution in [3.63, 3.8) is 0 Å². The molecule has 174 valence electrons. The summed E-state index contributed by atoms with van der Waals surface area (Å²) in [5, 5.41) is 3.87. The van der Waals surface area contributed by atoms with Crippen LogP contribution in [0, 0.1) is 51.2 Å². The van der Waals surface area contributed by atoms with Gasteiger partial charge in [0, 0.05) is 11.0 Å². The minimum atomic E-state index is -0.0607. The molecule has 9 atom stereocenters. The monoisotopic (exact) mass is 425 g/mol. The normalized spacial score (nSPS) is 55.4. The number of rotatable bonds is 2. The summed E-state index contributed by atoms with van der Waals surface area (Å²) in [6.45, 7) is 20.8.